The smallest absolute Gasteiger partial charge is 0.254 e. The van der Waals surface area contributed by atoms with Crippen molar-refractivity contribution in [3.63, 3.8) is 0 Å². The molecule has 0 bridgehead atoms. The van der Waals surface area contributed by atoms with Crippen LogP contribution in [0.3, 0.4) is 0 Å². The molecule has 0 aromatic carbocycles. The topological polar surface area (TPSA) is 53.1 Å². The second kappa shape index (κ2) is 3.03. The van der Waals surface area contributed by atoms with Gasteiger partial charge < -0.3 is 10.1 Å². The van der Waals surface area contributed by atoms with Crippen LogP contribution in [0.1, 0.15) is 19.4 Å². The van der Waals surface area contributed by atoms with Gasteiger partial charge in [0.15, 0.2) is 0 Å². The van der Waals surface area contributed by atoms with E-state index in [9.17, 15) is 9.90 Å². The molecular weight excluding hydrogens is 222 g/mol. The molecule has 0 aliphatic rings. The van der Waals surface area contributed by atoms with E-state index in [2.05, 4.69) is 20.9 Å². The van der Waals surface area contributed by atoms with Gasteiger partial charge in [-0.3, -0.25) is 4.79 Å². The van der Waals surface area contributed by atoms with Gasteiger partial charge in [-0.2, -0.15) is 0 Å². The van der Waals surface area contributed by atoms with E-state index in [1.807, 2.05) is 0 Å². The van der Waals surface area contributed by atoms with Gasteiger partial charge in [0.1, 0.15) is 0 Å². The Morgan fingerprint density at radius 2 is 2.17 bits per heavy atom. The van der Waals surface area contributed by atoms with Gasteiger partial charge in [-0.05, 0) is 35.8 Å². The predicted octanol–water partition coefficient (Wildman–Crippen LogP) is 1.36. The second-order valence-electron chi connectivity index (χ2n) is 3.12. The van der Waals surface area contributed by atoms with Crippen molar-refractivity contribution in [3.8, 4) is 0 Å². The Labute approximate surface area is 78.6 Å². The molecule has 0 atom stereocenters. The number of hydrogen-bond donors (Lipinski definition) is 2. The lowest BCUT2D eigenvalue weighted by atomic mass is 10.0. The van der Waals surface area contributed by atoms with Crippen molar-refractivity contribution < 1.29 is 5.11 Å². The summed E-state index contributed by atoms with van der Waals surface area (Å²) in [6.07, 6.45) is 1.54. The van der Waals surface area contributed by atoms with E-state index >= 15 is 0 Å². The van der Waals surface area contributed by atoms with E-state index in [1.54, 1.807) is 19.9 Å². The molecule has 12 heavy (non-hydrogen) atoms. The molecule has 0 radical (unpaired) electrons. The van der Waals surface area contributed by atoms with Crippen LogP contribution in [0.15, 0.2) is 21.5 Å². The first-order valence-corrected chi connectivity index (χ1v) is 4.31. The van der Waals surface area contributed by atoms with Crippen molar-refractivity contribution in [3.05, 3.63) is 32.7 Å². The summed E-state index contributed by atoms with van der Waals surface area (Å²) in [5.41, 5.74) is -1.00. The van der Waals surface area contributed by atoms with Gasteiger partial charge in [0.05, 0.1) is 5.60 Å². The van der Waals surface area contributed by atoms with E-state index in [0.717, 1.165) is 4.47 Å². The predicted molar refractivity (Wildman–Crippen MR) is 50.0 cm³/mol. The zero-order chi connectivity index (χ0) is 9.35. The van der Waals surface area contributed by atoms with Gasteiger partial charge in [-0.25, -0.2) is 0 Å². The molecule has 0 fully saturated rings. The molecule has 0 saturated heterocycles. The fourth-order valence-electron chi connectivity index (χ4n) is 0.912. The lowest BCUT2D eigenvalue weighted by molar-refractivity contribution is 0.0770. The highest BCUT2D eigenvalue weighted by molar-refractivity contribution is 9.10. The molecule has 0 spiro atoms. The van der Waals surface area contributed by atoms with Crippen LogP contribution < -0.4 is 5.56 Å². The fraction of sp³-hybridized carbons (Fsp3) is 0.375. The Morgan fingerprint density at radius 3 is 2.58 bits per heavy atom. The normalized spacial score (nSPS) is 11.7. The first kappa shape index (κ1) is 9.48. The average Bonchev–Trinajstić information content (AvgIpc) is 1.92. The first-order chi connectivity index (χ1) is 5.41. The van der Waals surface area contributed by atoms with Gasteiger partial charge in [0.25, 0.3) is 5.56 Å². The van der Waals surface area contributed by atoms with Crippen LogP contribution in [0.4, 0.5) is 0 Å². The summed E-state index contributed by atoms with van der Waals surface area (Å²) in [5, 5.41) is 9.55. The Balaban J connectivity index is 3.33. The SMILES string of the molecule is CC(C)(O)c1cc(Br)c[nH]c1=O. The minimum atomic E-state index is -1.10. The van der Waals surface area contributed by atoms with E-state index in [4.69, 9.17) is 0 Å². The van der Waals surface area contributed by atoms with Crippen molar-refractivity contribution in [2.24, 2.45) is 0 Å². The van der Waals surface area contributed by atoms with Gasteiger partial charge in [-0.15, -0.1) is 0 Å². The van der Waals surface area contributed by atoms with Crippen LogP contribution in [0, 0.1) is 0 Å². The number of pyridine rings is 1. The Kier molecular flexibility index (Phi) is 2.39. The number of nitrogens with one attached hydrogen (secondary N) is 1. The second-order valence-corrected chi connectivity index (χ2v) is 4.04. The van der Waals surface area contributed by atoms with Gasteiger partial charge in [0.2, 0.25) is 0 Å². The Hall–Kier alpha value is -0.610. The van der Waals surface area contributed by atoms with Crippen LogP contribution in [-0.4, -0.2) is 10.1 Å². The number of rotatable bonds is 1. The molecule has 0 unspecified atom stereocenters. The van der Waals surface area contributed by atoms with Gasteiger partial charge in [-0.1, -0.05) is 0 Å². The molecule has 0 saturated carbocycles. The summed E-state index contributed by atoms with van der Waals surface area (Å²) in [4.78, 5) is 13.7. The minimum Gasteiger partial charge on any atom is -0.386 e. The highest BCUT2D eigenvalue weighted by Crippen LogP contribution is 2.18. The third-order valence-electron chi connectivity index (χ3n) is 1.53. The molecule has 1 heterocycles. The average molecular weight is 232 g/mol. The molecule has 1 rings (SSSR count). The van der Waals surface area contributed by atoms with Gasteiger partial charge in [0, 0.05) is 16.2 Å². The van der Waals surface area contributed by atoms with Crippen molar-refractivity contribution >= 4 is 15.9 Å². The van der Waals surface area contributed by atoms with E-state index in [0.29, 0.717) is 5.56 Å². The molecule has 1 aromatic heterocycles. The molecule has 0 aliphatic carbocycles. The maximum Gasteiger partial charge on any atom is 0.254 e. The third kappa shape index (κ3) is 1.95. The lowest BCUT2D eigenvalue weighted by Crippen LogP contribution is -2.26. The molecule has 3 nitrogen and oxygen atoms in total. The highest BCUT2D eigenvalue weighted by atomic mass is 79.9. The zero-order valence-corrected chi connectivity index (χ0v) is 8.47. The van der Waals surface area contributed by atoms with E-state index in [1.165, 1.54) is 6.20 Å². The molecule has 2 N–H and O–H groups in total. The number of aromatic nitrogens is 1. The number of hydrogen-bond acceptors (Lipinski definition) is 2. The van der Waals surface area contributed by atoms with Crippen LogP contribution in [0.2, 0.25) is 0 Å². The monoisotopic (exact) mass is 231 g/mol. The number of halogens is 1. The molecule has 66 valence electrons. The molecular formula is C8H10BrNO2. The van der Waals surface area contributed by atoms with Crippen LogP contribution >= 0.6 is 15.9 Å². The number of H-pyrrole nitrogens is 1. The molecule has 4 heteroatoms. The third-order valence-corrected chi connectivity index (χ3v) is 1.98. The highest BCUT2D eigenvalue weighted by Gasteiger charge is 2.19. The van der Waals surface area contributed by atoms with Gasteiger partial charge >= 0.3 is 0 Å². The van der Waals surface area contributed by atoms with Crippen LogP contribution in [-0.2, 0) is 5.60 Å². The van der Waals surface area contributed by atoms with Crippen molar-refractivity contribution in [1.29, 1.82) is 0 Å². The number of aliphatic hydroxyl groups is 1. The van der Waals surface area contributed by atoms with E-state index < -0.39 is 5.60 Å². The zero-order valence-electron chi connectivity index (χ0n) is 6.89. The summed E-state index contributed by atoms with van der Waals surface area (Å²) in [7, 11) is 0. The largest absolute Gasteiger partial charge is 0.386 e. The Morgan fingerprint density at radius 1 is 1.58 bits per heavy atom. The van der Waals surface area contributed by atoms with Crippen molar-refractivity contribution in [2.75, 3.05) is 0 Å². The lowest BCUT2D eigenvalue weighted by Gasteiger charge is -2.16. The maximum atomic E-state index is 11.2. The van der Waals surface area contributed by atoms with Crippen LogP contribution in [0.25, 0.3) is 0 Å². The molecule has 0 aliphatic heterocycles. The Bertz CT molecular complexity index is 338. The van der Waals surface area contributed by atoms with Crippen molar-refractivity contribution in [1.82, 2.24) is 4.98 Å². The summed E-state index contributed by atoms with van der Waals surface area (Å²) < 4.78 is 0.749. The van der Waals surface area contributed by atoms with Crippen LogP contribution in [0.5, 0.6) is 0 Å². The fourth-order valence-corrected chi connectivity index (χ4v) is 1.26. The summed E-state index contributed by atoms with van der Waals surface area (Å²) in [5.74, 6) is 0. The quantitative estimate of drug-likeness (QED) is 0.768. The minimum absolute atomic E-state index is 0.259. The summed E-state index contributed by atoms with van der Waals surface area (Å²) >= 11 is 3.21. The number of aromatic amines is 1. The van der Waals surface area contributed by atoms with Crippen molar-refractivity contribution in [2.45, 2.75) is 19.4 Å². The van der Waals surface area contributed by atoms with E-state index in [-0.39, 0.29) is 5.56 Å². The summed E-state index contributed by atoms with van der Waals surface area (Å²) in [6, 6.07) is 1.61. The standard InChI is InChI=1S/C8H10BrNO2/c1-8(2,12)6-3-5(9)4-10-7(6)11/h3-4,12H,1-2H3,(H,10,11). The summed E-state index contributed by atoms with van der Waals surface area (Å²) in [6.45, 7) is 3.15. The first-order valence-electron chi connectivity index (χ1n) is 3.52. The molecule has 0 amide bonds. The maximum absolute atomic E-state index is 11.2. The molecule has 1 aromatic rings.